The number of hydrogen-bond acceptors (Lipinski definition) is 3. The minimum Gasteiger partial charge on any atom is -0.462 e. The molecule has 1 amide bonds. The van der Waals surface area contributed by atoms with Gasteiger partial charge in [0.15, 0.2) is 0 Å². The van der Waals surface area contributed by atoms with E-state index in [1.54, 1.807) is 31.2 Å². The first-order chi connectivity index (χ1) is 11.2. The van der Waals surface area contributed by atoms with Crippen LogP contribution in [0.15, 0.2) is 54.6 Å². The molecule has 0 bridgehead atoms. The summed E-state index contributed by atoms with van der Waals surface area (Å²) in [4.78, 5) is 24.4. The maximum atomic E-state index is 12.4. The number of rotatable bonds is 5. The van der Waals surface area contributed by atoms with E-state index >= 15 is 0 Å². The normalized spacial score (nSPS) is 19.0. The summed E-state index contributed by atoms with van der Waals surface area (Å²) in [5, 5.41) is 2.87. The molecular formula is C19H19NO3. The van der Waals surface area contributed by atoms with Crippen LogP contribution in [0.2, 0.25) is 0 Å². The van der Waals surface area contributed by atoms with Crippen molar-refractivity contribution in [3.05, 3.63) is 65.7 Å². The number of ether oxygens (including phenoxy) is 1. The predicted octanol–water partition coefficient (Wildman–Crippen LogP) is 3.61. The summed E-state index contributed by atoms with van der Waals surface area (Å²) in [7, 11) is 0. The molecule has 0 radical (unpaired) electrons. The molecule has 0 saturated heterocycles. The first-order valence-corrected chi connectivity index (χ1v) is 7.82. The number of amides is 1. The van der Waals surface area contributed by atoms with Gasteiger partial charge in [0.25, 0.3) is 0 Å². The van der Waals surface area contributed by atoms with E-state index < -0.39 is 5.97 Å². The van der Waals surface area contributed by atoms with Gasteiger partial charge in [-0.05, 0) is 37.0 Å². The van der Waals surface area contributed by atoms with Gasteiger partial charge in [-0.2, -0.15) is 0 Å². The van der Waals surface area contributed by atoms with Crippen molar-refractivity contribution in [1.82, 2.24) is 0 Å². The van der Waals surface area contributed by atoms with E-state index in [9.17, 15) is 9.59 Å². The highest BCUT2D eigenvalue weighted by Crippen LogP contribution is 2.47. The quantitative estimate of drug-likeness (QED) is 0.859. The Morgan fingerprint density at radius 1 is 1.09 bits per heavy atom. The average Bonchev–Trinajstić information content (AvgIpc) is 3.37. The van der Waals surface area contributed by atoms with Crippen molar-refractivity contribution in [2.45, 2.75) is 19.3 Å². The summed E-state index contributed by atoms with van der Waals surface area (Å²) in [5.41, 5.74) is 2.08. The summed E-state index contributed by atoms with van der Waals surface area (Å²) in [6.07, 6.45) is 0.845. The zero-order valence-electron chi connectivity index (χ0n) is 13.0. The van der Waals surface area contributed by atoms with Crippen LogP contribution in [-0.4, -0.2) is 18.5 Å². The first kappa shape index (κ1) is 15.3. The van der Waals surface area contributed by atoms with Gasteiger partial charge in [-0.15, -0.1) is 0 Å². The highest BCUT2D eigenvalue weighted by atomic mass is 16.5. The number of carbonyl (C=O) groups is 2. The van der Waals surface area contributed by atoms with Crippen molar-refractivity contribution in [3.8, 4) is 0 Å². The molecule has 1 aliphatic carbocycles. The molecule has 1 aliphatic rings. The van der Waals surface area contributed by atoms with Crippen molar-refractivity contribution >= 4 is 17.6 Å². The number of anilines is 1. The topological polar surface area (TPSA) is 55.4 Å². The molecule has 3 rings (SSSR count). The Morgan fingerprint density at radius 3 is 2.52 bits per heavy atom. The van der Waals surface area contributed by atoms with Crippen LogP contribution in [0.5, 0.6) is 0 Å². The van der Waals surface area contributed by atoms with E-state index in [4.69, 9.17) is 4.74 Å². The molecule has 23 heavy (non-hydrogen) atoms. The van der Waals surface area contributed by atoms with Gasteiger partial charge in [0.1, 0.15) is 0 Å². The molecular weight excluding hydrogens is 290 g/mol. The second-order valence-electron chi connectivity index (χ2n) is 5.61. The Labute approximate surface area is 135 Å². The van der Waals surface area contributed by atoms with Crippen LogP contribution >= 0.6 is 0 Å². The lowest BCUT2D eigenvalue weighted by Crippen LogP contribution is -2.17. The highest BCUT2D eigenvalue weighted by molar-refractivity contribution is 6.02. The number of nitrogens with one attached hydrogen (secondary N) is 1. The van der Waals surface area contributed by atoms with Gasteiger partial charge in [0.2, 0.25) is 5.91 Å². The van der Waals surface area contributed by atoms with Crippen LogP contribution in [-0.2, 0) is 9.53 Å². The van der Waals surface area contributed by atoms with Gasteiger partial charge in [0.05, 0.1) is 17.9 Å². The lowest BCUT2D eigenvalue weighted by molar-refractivity contribution is -0.117. The summed E-state index contributed by atoms with van der Waals surface area (Å²) >= 11 is 0. The van der Waals surface area contributed by atoms with Crippen molar-refractivity contribution in [2.24, 2.45) is 5.92 Å². The molecule has 4 nitrogen and oxygen atoms in total. The molecule has 4 heteroatoms. The van der Waals surface area contributed by atoms with Gasteiger partial charge >= 0.3 is 5.97 Å². The zero-order chi connectivity index (χ0) is 16.2. The fourth-order valence-electron chi connectivity index (χ4n) is 2.76. The fourth-order valence-corrected chi connectivity index (χ4v) is 2.76. The smallest absolute Gasteiger partial charge is 0.340 e. The number of para-hydroxylation sites is 1. The number of benzene rings is 2. The van der Waals surface area contributed by atoms with Crippen molar-refractivity contribution in [3.63, 3.8) is 0 Å². The lowest BCUT2D eigenvalue weighted by Gasteiger charge is -2.10. The molecule has 2 aromatic carbocycles. The molecule has 0 aromatic heterocycles. The van der Waals surface area contributed by atoms with Gasteiger partial charge in [-0.25, -0.2) is 4.79 Å². The van der Waals surface area contributed by atoms with Crippen LogP contribution in [0.1, 0.15) is 35.2 Å². The predicted molar refractivity (Wildman–Crippen MR) is 88.3 cm³/mol. The van der Waals surface area contributed by atoms with Crippen LogP contribution in [0.3, 0.4) is 0 Å². The summed E-state index contributed by atoms with van der Waals surface area (Å²) in [6.45, 7) is 2.06. The first-order valence-electron chi connectivity index (χ1n) is 7.82. The zero-order valence-corrected chi connectivity index (χ0v) is 13.0. The van der Waals surface area contributed by atoms with E-state index in [1.807, 2.05) is 30.3 Å². The van der Waals surface area contributed by atoms with E-state index in [-0.39, 0.29) is 17.7 Å². The Hall–Kier alpha value is -2.62. The van der Waals surface area contributed by atoms with Crippen LogP contribution < -0.4 is 5.32 Å². The number of esters is 1. The summed E-state index contributed by atoms with van der Waals surface area (Å²) < 4.78 is 5.03. The van der Waals surface area contributed by atoms with Crippen LogP contribution in [0, 0.1) is 5.92 Å². The van der Waals surface area contributed by atoms with E-state index in [0.717, 1.165) is 6.42 Å². The maximum Gasteiger partial charge on any atom is 0.340 e. The Balaban J connectivity index is 1.69. The summed E-state index contributed by atoms with van der Waals surface area (Å²) in [5.74, 6) is -0.229. The average molecular weight is 309 g/mol. The number of carbonyl (C=O) groups excluding carboxylic acids is 2. The molecule has 2 atom stereocenters. The van der Waals surface area contributed by atoms with Crippen LogP contribution in [0.4, 0.5) is 5.69 Å². The standard InChI is InChI=1S/C19H19NO3/c1-2-23-19(22)14-10-6-7-11-17(14)20-18(21)16-12-15(16)13-8-4-3-5-9-13/h3-11,15-16H,2,12H2,1H3,(H,20,21)/t15-,16-/m0/s1. The molecule has 2 aromatic rings. The molecule has 1 N–H and O–H groups in total. The molecule has 1 saturated carbocycles. The molecule has 0 heterocycles. The molecule has 118 valence electrons. The second kappa shape index (κ2) is 6.65. The van der Waals surface area contributed by atoms with Crippen molar-refractivity contribution < 1.29 is 14.3 Å². The fraction of sp³-hybridized carbons (Fsp3) is 0.263. The monoisotopic (exact) mass is 309 g/mol. The molecule has 1 fully saturated rings. The third kappa shape index (κ3) is 3.42. The molecule has 0 unspecified atom stereocenters. The van der Waals surface area contributed by atoms with Crippen molar-refractivity contribution in [1.29, 1.82) is 0 Å². The van der Waals surface area contributed by atoms with Gasteiger partial charge in [-0.3, -0.25) is 4.79 Å². The molecule has 0 spiro atoms. The van der Waals surface area contributed by atoms with Gasteiger partial charge < -0.3 is 10.1 Å². The minimum absolute atomic E-state index is 0.0346. The van der Waals surface area contributed by atoms with Crippen LogP contribution in [0.25, 0.3) is 0 Å². The Bertz CT molecular complexity index is 712. The molecule has 0 aliphatic heterocycles. The van der Waals surface area contributed by atoms with E-state index in [0.29, 0.717) is 17.9 Å². The maximum absolute atomic E-state index is 12.4. The SMILES string of the molecule is CCOC(=O)c1ccccc1NC(=O)[C@H]1C[C@H]1c1ccccc1. The lowest BCUT2D eigenvalue weighted by atomic mass is 10.1. The highest BCUT2D eigenvalue weighted by Gasteiger charge is 2.44. The Kier molecular flexibility index (Phi) is 4.42. The number of hydrogen-bond donors (Lipinski definition) is 1. The van der Waals surface area contributed by atoms with Gasteiger partial charge in [0, 0.05) is 5.92 Å². The third-order valence-electron chi connectivity index (χ3n) is 4.04. The van der Waals surface area contributed by atoms with Gasteiger partial charge in [-0.1, -0.05) is 42.5 Å². The minimum atomic E-state index is -0.418. The van der Waals surface area contributed by atoms with Crippen molar-refractivity contribution in [2.75, 3.05) is 11.9 Å². The van der Waals surface area contributed by atoms with E-state index in [2.05, 4.69) is 5.32 Å². The van der Waals surface area contributed by atoms with E-state index in [1.165, 1.54) is 5.56 Å². The second-order valence-corrected chi connectivity index (χ2v) is 5.61. The third-order valence-corrected chi connectivity index (χ3v) is 4.04. The summed E-state index contributed by atoms with van der Waals surface area (Å²) in [6, 6.07) is 17.0. The largest absolute Gasteiger partial charge is 0.462 e. The Morgan fingerprint density at radius 2 is 1.78 bits per heavy atom.